The Morgan fingerprint density at radius 1 is 1.09 bits per heavy atom. The van der Waals surface area contributed by atoms with Gasteiger partial charge in [0.05, 0.1) is 16.6 Å². The molecule has 0 saturated heterocycles. The average Bonchev–Trinajstić information content (AvgIpc) is 3.20. The third-order valence-electron chi connectivity index (χ3n) is 4.80. The van der Waals surface area contributed by atoms with E-state index in [-0.39, 0.29) is 22.8 Å². The number of halogens is 4. The zero-order valence-electron chi connectivity index (χ0n) is 16.2. The summed E-state index contributed by atoms with van der Waals surface area (Å²) >= 11 is 5.70. The standard InChI is InChI=1S/C22H15ClF3N3O3/c23-15-3-1-14(18(10-15)22(24,25)26)11-32-17-6-4-16(5-7-17)29-12-27-19-8-2-13(9-20(19)29)21(30)28-31/h1-10,12,31H,11H2,(H,28,30). The quantitative estimate of drug-likeness (QED) is 0.308. The highest BCUT2D eigenvalue weighted by molar-refractivity contribution is 6.30. The van der Waals surface area contributed by atoms with E-state index in [2.05, 4.69) is 4.98 Å². The van der Waals surface area contributed by atoms with Crippen LogP contribution < -0.4 is 10.2 Å². The molecule has 0 aliphatic heterocycles. The Bertz CT molecular complexity index is 1290. The summed E-state index contributed by atoms with van der Waals surface area (Å²) in [5, 5.41) is 8.83. The van der Waals surface area contributed by atoms with E-state index in [0.717, 1.165) is 6.07 Å². The minimum Gasteiger partial charge on any atom is -0.489 e. The van der Waals surface area contributed by atoms with E-state index in [4.69, 9.17) is 21.5 Å². The molecule has 1 heterocycles. The van der Waals surface area contributed by atoms with Crippen molar-refractivity contribution in [2.45, 2.75) is 12.8 Å². The lowest BCUT2D eigenvalue weighted by Crippen LogP contribution is -2.18. The topological polar surface area (TPSA) is 76.4 Å². The Balaban J connectivity index is 1.55. The van der Waals surface area contributed by atoms with Gasteiger partial charge in [-0.05, 0) is 54.6 Å². The lowest BCUT2D eigenvalue weighted by molar-refractivity contribution is -0.138. The van der Waals surface area contributed by atoms with Crippen LogP contribution in [0.4, 0.5) is 13.2 Å². The third kappa shape index (κ3) is 4.39. The van der Waals surface area contributed by atoms with Crippen molar-refractivity contribution < 1.29 is 27.9 Å². The molecule has 0 saturated carbocycles. The maximum Gasteiger partial charge on any atom is 0.416 e. The molecule has 164 valence electrons. The molecule has 4 aromatic rings. The number of rotatable bonds is 5. The van der Waals surface area contributed by atoms with E-state index >= 15 is 0 Å². The first-order valence-corrected chi connectivity index (χ1v) is 9.64. The number of ether oxygens (including phenoxy) is 1. The molecule has 0 spiro atoms. The highest BCUT2D eigenvalue weighted by Gasteiger charge is 2.33. The number of hydroxylamine groups is 1. The van der Waals surface area contributed by atoms with Crippen LogP contribution in [-0.4, -0.2) is 20.7 Å². The van der Waals surface area contributed by atoms with Crippen LogP contribution in [0.2, 0.25) is 5.02 Å². The maximum absolute atomic E-state index is 13.2. The van der Waals surface area contributed by atoms with Crippen LogP contribution in [0.15, 0.2) is 67.0 Å². The number of nitrogens with one attached hydrogen (secondary N) is 1. The van der Waals surface area contributed by atoms with Crippen LogP contribution in [0, 0.1) is 0 Å². The van der Waals surface area contributed by atoms with Crippen LogP contribution >= 0.6 is 11.6 Å². The molecule has 1 amide bonds. The molecule has 0 radical (unpaired) electrons. The number of amides is 1. The number of nitrogens with zero attached hydrogens (tertiary/aromatic N) is 2. The average molecular weight is 462 g/mol. The van der Waals surface area contributed by atoms with Gasteiger partial charge in [-0.2, -0.15) is 13.2 Å². The van der Waals surface area contributed by atoms with Crippen LogP contribution in [-0.2, 0) is 12.8 Å². The lowest BCUT2D eigenvalue weighted by atomic mass is 10.1. The number of carbonyl (C=O) groups excluding carboxylic acids is 1. The molecule has 0 unspecified atom stereocenters. The Kier molecular flexibility index (Phi) is 5.77. The highest BCUT2D eigenvalue weighted by Crippen LogP contribution is 2.34. The van der Waals surface area contributed by atoms with Gasteiger partial charge in [0.25, 0.3) is 5.91 Å². The van der Waals surface area contributed by atoms with Gasteiger partial charge in [0, 0.05) is 21.8 Å². The van der Waals surface area contributed by atoms with Gasteiger partial charge < -0.3 is 4.74 Å². The summed E-state index contributed by atoms with van der Waals surface area (Å²) in [4.78, 5) is 16.0. The predicted octanol–water partition coefficient (Wildman–Crippen LogP) is 5.40. The lowest BCUT2D eigenvalue weighted by Gasteiger charge is -2.14. The van der Waals surface area contributed by atoms with E-state index in [9.17, 15) is 18.0 Å². The molecule has 32 heavy (non-hydrogen) atoms. The molecule has 2 N–H and O–H groups in total. The van der Waals surface area contributed by atoms with E-state index in [0.29, 0.717) is 22.5 Å². The first kappa shape index (κ1) is 21.7. The molecule has 0 aliphatic carbocycles. The first-order chi connectivity index (χ1) is 15.3. The summed E-state index contributed by atoms with van der Waals surface area (Å²) in [7, 11) is 0. The minimum absolute atomic E-state index is 0.00221. The Morgan fingerprint density at radius 3 is 2.53 bits per heavy atom. The molecule has 0 fully saturated rings. The zero-order valence-corrected chi connectivity index (χ0v) is 17.0. The van der Waals surface area contributed by atoms with Crippen LogP contribution in [0.25, 0.3) is 16.7 Å². The molecule has 1 aromatic heterocycles. The fraction of sp³-hybridized carbons (Fsp3) is 0.0909. The summed E-state index contributed by atoms with van der Waals surface area (Å²) in [6, 6.07) is 15.0. The SMILES string of the molecule is O=C(NO)c1ccc2ncn(-c3ccc(OCc4ccc(Cl)cc4C(F)(F)F)cc3)c2c1. The highest BCUT2D eigenvalue weighted by atomic mass is 35.5. The second-order valence-electron chi connectivity index (χ2n) is 6.84. The smallest absolute Gasteiger partial charge is 0.416 e. The second-order valence-corrected chi connectivity index (χ2v) is 7.28. The number of alkyl halides is 3. The van der Waals surface area contributed by atoms with E-state index in [1.54, 1.807) is 52.8 Å². The number of imidazole rings is 1. The number of aromatic nitrogens is 2. The molecule has 6 nitrogen and oxygen atoms in total. The summed E-state index contributed by atoms with van der Waals surface area (Å²) < 4.78 is 47.0. The summed E-state index contributed by atoms with van der Waals surface area (Å²) in [5.41, 5.74) is 2.95. The molecule has 3 aromatic carbocycles. The van der Waals surface area contributed by atoms with Crippen molar-refractivity contribution in [3.8, 4) is 11.4 Å². The third-order valence-corrected chi connectivity index (χ3v) is 5.03. The van der Waals surface area contributed by atoms with Gasteiger partial charge in [-0.3, -0.25) is 14.6 Å². The van der Waals surface area contributed by atoms with Crippen LogP contribution in [0.5, 0.6) is 5.75 Å². The Morgan fingerprint density at radius 2 is 1.84 bits per heavy atom. The van der Waals surface area contributed by atoms with Crippen molar-refractivity contribution >= 4 is 28.5 Å². The second kappa shape index (κ2) is 8.52. The van der Waals surface area contributed by atoms with Crippen molar-refractivity contribution in [2.75, 3.05) is 0 Å². The molecule has 0 aliphatic rings. The van der Waals surface area contributed by atoms with E-state index in [1.165, 1.54) is 18.2 Å². The number of benzene rings is 3. The normalized spacial score (nSPS) is 11.5. The van der Waals surface area contributed by atoms with Gasteiger partial charge in [0.15, 0.2) is 0 Å². The number of hydrogen-bond acceptors (Lipinski definition) is 4. The van der Waals surface area contributed by atoms with Gasteiger partial charge >= 0.3 is 6.18 Å². The van der Waals surface area contributed by atoms with Crippen molar-refractivity contribution in [3.63, 3.8) is 0 Å². The predicted molar refractivity (Wildman–Crippen MR) is 111 cm³/mol. The molecule has 0 atom stereocenters. The van der Waals surface area contributed by atoms with E-state index in [1.807, 2.05) is 0 Å². The largest absolute Gasteiger partial charge is 0.489 e. The van der Waals surface area contributed by atoms with Crippen molar-refractivity contribution in [1.29, 1.82) is 0 Å². The molecular weight excluding hydrogens is 447 g/mol. The monoisotopic (exact) mass is 461 g/mol. The van der Waals surface area contributed by atoms with Gasteiger partial charge in [0.2, 0.25) is 0 Å². The minimum atomic E-state index is -4.54. The van der Waals surface area contributed by atoms with Gasteiger partial charge in [-0.15, -0.1) is 0 Å². The molecule has 4 rings (SSSR count). The fourth-order valence-electron chi connectivity index (χ4n) is 3.22. The molecule has 10 heteroatoms. The fourth-order valence-corrected chi connectivity index (χ4v) is 3.39. The zero-order chi connectivity index (χ0) is 22.9. The van der Waals surface area contributed by atoms with Gasteiger partial charge in [-0.25, -0.2) is 10.5 Å². The summed E-state index contributed by atoms with van der Waals surface area (Å²) in [6.45, 7) is -0.279. The van der Waals surface area contributed by atoms with Crippen molar-refractivity contribution in [2.24, 2.45) is 0 Å². The van der Waals surface area contributed by atoms with Crippen LogP contribution in [0.3, 0.4) is 0 Å². The maximum atomic E-state index is 13.2. The van der Waals surface area contributed by atoms with Crippen molar-refractivity contribution in [1.82, 2.24) is 15.0 Å². The summed E-state index contributed by atoms with van der Waals surface area (Å²) in [6.07, 6.45) is -2.97. The Labute approximate surface area is 184 Å². The number of carbonyl (C=O) groups is 1. The Hall–Kier alpha value is -3.56. The number of fused-ring (bicyclic) bond motifs is 1. The number of hydrogen-bond donors (Lipinski definition) is 2. The molecule has 0 bridgehead atoms. The van der Waals surface area contributed by atoms with Crippen LogP contribution in [0.1, 0.15) is 21.5 Å². The van der Waals surface area contributed by atoms with E-state index < -0.39 is 17.6 Å². The first-order valence-electron chi connectivity index (χ1n) is 9.26. The van der Waals surface area contributed by atoms with Crippen molar-refractivity contribution in [3.05, 3.63) is 88.7 Å². The van der Waals surface area contributed by atoms with Gasteiger partial charge in [0.1, 0.15) is 18.7 Å². The molecular formula is C22H15ClF3N3O3. The van der Waals surface area contributed by atoms with Gasteiger partial charge in [-0.1, -0.05) is 17.7 Å². The summed E-state index contributed by atoms with van der Waals surface area (Å²) in [5.74, 6) is -0.273.